The Hall–Kier alpha value is -2.21. The van der Waals surface area contributed by atoms with Gasteiger partial charge in [0.2, 0.25) is 5.91 Å². The van der Waals surface area contributed by atoms with Gasteiger partial charge in [-0.25, -0.2) is 4.39 Å². The monoisotopic (exact) mass is 364 g/mol. The molecule has 0 heterocycles. The third-order valence-corrected chi connectivity index (χ3v) is 3.63. The minimum atomic E-state index is -0.418. The third-order valence-electron chi connectivity index (χ3n) is 2.97. The van der Waals surface area contributed by atoms with Gasteiger partial charge in [-0.15, -0.1) is 0 Å². The molecule has 0 aromatic heterocycles. The average molecular weight is 365 g/mol. The van der Waals surface area contributed by atoms with Crippen LogP contribution in [0.2, 0.25) is 0 Å². The zero-order valence-electron chi connectivity index (χ0n) is 12.0. The van der Waals surface area contributed by atoms with Crippen LogP contribution in [-0.4, -0.2) is 11.8 Å². The Morgan fingerprint density at radius 3 is 2.41 bits per heavy atom. The van der Waals surface area contributed by atoms with Gasteiger partial charge in [0.05, 0.1) is 5.56 Å². The summed E-state index contributed by atoms with van der Waals surface area (Å²) < 4.78 is 13.4. The van der Waals surface area contributed by atoms with Crippen LogP contribution in [0.15, 0.2) is 40.9 Å². The lowest BCUT2D eigenvalue weighted by molar-refractivity contribution is -0.114. The maximum Gasteiger partial charge on any atom is 0.256 e. The molecular formula is C16H14BrFN2O2. The maximum absolute atomic E-state index is 13.0. The van der Waals surface area contributed by atoms with Gasteiger partial charge in [-0.2, -0.15) is 0 Å². The van der Waals surface area contributed by atoms with Crippen LogP contribution in [-0.2, 0) is 4.79 Å². The van der Waals surface area contributed by atoms with E-state index in [9.17, 15) is 14.0 Å². The predicted octanol–water partition coefficient (Wildman–Crippen LogP) is 4.11. The smallest absolute Gasteiger partial charge is 0.256 e. The van der Waals surface area contributed by atoms with E-state index in [1.165, 1.54) is 25.1 Å². The standard InChI is InChI=1S/C16H14BrFN2O2/c1-9-7-12(4-6-15(9)19-10(2)21)20-16(22)13-5-3-11(18)8-14(13)17/h3-8H,1-2H3,(H,19,21)(H,20,22). The molecule has 2 aromatic carbocycles. The van der Waals surface area contributed by atoms with Crippen molar-refractivity contribution in [2.24, 2.45) is 0 Å². The summed E-state index contributed by atoms with van der Waals surface area (Å²) in [6, 6.07) is 9.03. The summed E-state index contributed by atoms with van der Waals surface area (Å²) >= 11 is 3.17. The highest BCUT2D eigenvalue weighted by molar-refractivity contribution is 9.10. The Morgan fingerprint density at radius 2 is 1.82 bits per heavy atom. The summed E-state index contributed by atoms with van der Waals surface area (Å²) in [5.41, 5.74) is 2.44. The van der Waals surface area contributed by atoms with Crippen molar-refractivity contribution in [1.29, 1.82) is 0 Å². The second kappa shape index (κ2) is 6.70. The lowest BCUT2D eigenvalue weighted by Crippen LogP contribution is -2.13. The molecule has 0 radical (unpaired) electrons. The quantitative estimate of drug-likeness (QED) is 0.860. The van der Waals surface area contributed by atoms with Gasteiger partial charge in [0.15, 0.2) is 0 Å². The molecule has 4 nitrogen and oxygen atoms in total. The minimum absolute atomic E-state index is 0.157. The second-order valence-corrected chi connectivity index (χ2v) is 5.64. The number of carbonyl (C=O) groups is 2. The average Bonchev–Trinajstić information content (AvgIpc) is 2.41. The molecule has 0 bridgehead atoms. The minimum Gasteiger partial charge on any atom is -0.326 e. The lowest BCUT2D eigenvalue weighted by Gasteiger charge is -2.11. The van der Waals surface area contributed by atoms with Crippen molar-refractivity contribution in [3.8, 4) is 0 Å². The normalized spacial score (nSPS) is 10.2. The van der Waals surface area contributed by atoms with Crippen LogP contribution in [0.5, 0.6) is 0 Å². The van der Waals surface area contributed by atoms with Crippen LogP contribution in [0, 0.1) is 12.7 Å². The summed E-state index contributed by atoms with van der Waals surface area (Å²) in [4.78, 5) is 23.2. The van der Waals surface area contributed by atoms with Gasteiger partial charge < -0.3 is 10.6 Å². The molecule has 114 valence electrons. The first kappa shape index (κ1) is 16.2. The molecule has 0 atom stereocenters. The molecule has 0 fully saturated rings. The Morgan fingerprint density at radius 1 is 1.09 bits per heavy atom. The van der Waals surface area contributed by atoms with E-state index < -0.39 is 5.82 Å². The molecule has 0 saturated carbocycles. The van der Waals surface area contributed by atoms with E-state index in [4.69, 9.17) is 0 Å². The summed E-state index contributed by atoms with van der Waals surface area (Å²) in [6.45, 7) is 3.26. The fourth-order valence-corrected chi connectivity index (χ4v) is 2.47. The number of aryl methyl sites for hydroxylation is 1. The highest BCUT2D eigenvalue weighted by Gasteiger charge is 2.11. The molecule has 0 aliphatic rings. The number of hydrogen-bond donors (Lipinski definition) is 2. The highest BCUT2D eigenvalue weighted by Crippen LogP contribution is 2.22. The molecule has 0 aliphatic heterocycles. The number of nitrogens with one attached hydrogen (secondary N) is 2. The van der Waals surface area contributed by atoms with E-state index in [-0.39, 0.29) is 11.8 Å². The summed E-state index contributed by atoms with van der Waals surface area (Å²) in [5.74, 6) is -0.924. The number of amides is 2. The van der Waals surface area contributed by atoms with E-state index in [1.807, 2.05) is 6.92 Å². The number of carbonyl (C=O) groups excluding carboxylic acids is 2. The third kappa shape index (κ3) is 3.92. The lowest BCUT2D eigenvalue weighted by atomic mass is 10.1. The molecule has 6 heteroatoms. The second-order valence-electron chi connectivity index (χ2n) is 4.79. The summed E-state index contributed by atoms with van der Waals surface area (Å²) in [6.07, 6.45) is 0. The fourth-order valence-electron chi connectivity index (χ4n) is 1.94. The molecule has 22 heavy (non-hydrogen) atoms. The van der Waals surface area contributed by atoms with Crippen molar-refractivity contribution >= 4 is 39.1 Å². The van der Waals surface area contributed by atoms with Crippen molar-refractivity contribution in [3.05, 3.63) is 57.8 Å². The zero-order chi connectivity index (χ0) is 16.3. The van der Waals surface area contributed by atoms with Gasteiger partial charge in [0, 0.05) is 22.8 Å². The van der Waals surface area contributed by atoms with Gasteiger partial charge in [-0.1, -0.05) is 0 Å². The molecule has 2 N–H and O–H groups in total. The van der Waals surface area contributed by atoms with Crippen LogP contribution in [0.1, 0.15) is 22.8 Å². The first-order valence-electron chi connectivity index (χ1n) is 6.51. The summed E-state index contributed by atoms with van der Waals surface area (Å²) in [5, 5.41) is 5.44. The Labute approximate surface area is 135 Å². The first-order chi connectivity index (χ1) is 10.4. The van der Waals surface area contributed by atoms with Gasteiger partial charge >= 0.3 is 0 Å². The Bertz CT molecular complexity index is 747. The van der Waals surface area contributed by atoms with Gasteiger partial charge in [0.1, 0.15) is 5.82 Å². The van der Waals surface area contributed by atoms with Crippen LogP contribution in [0.4, 0.5) is 15.8 Å². The maximum atomic E-state index is 13.0. The van der Waals surface area contributed by atoms with Crippen molar-refractivity contribution in [2.75, 3.05) is 10.6 Å². The van der Waals surface area contributed by atoms with Crippen LogP contribution >= 0.6 is 15.9 Å². The highest BCUT2D eigenvalue weighted by atomic mass is 79.9. The van der Waals surface area contributed by atoms with E-state index >= 15 is 0 Å². The number of rotatable bonds is 3. The van der Waals surface area contributed by atoms with Crippen molar-refractivity contribution in [2.45, 2.75) is 13.8 Å². The molecule has 2 amide bonds. The molecule has 0 aliphatic carbocycles. The largest absolute Gasteiger partial charge is 0.326 e. The van der Waals surface area contributed by atoms with Crippen LogP contribution in [0.3, 0.4) is 0 Å². The van der Waals surface area contributed by atoms with Crippen molar-refractivity contribution < 1.29 is 14.0 Å². The van der Waals surface area contributed by atoms with E-state index in [1.54, 1.807) is 18.2 Å². The van der Waals surface area contributed by atoms with E-state index in [0.717, 1.165) is 5.56 Å². The number of halogens is 2. The van der Waals surface area contributed by atoms with Gasteiger partial charge in [-0.3, -0.25) is 9.59 Å². The molecule has 2 aromatic rings. The molecular weight excluding hydrogens is 351 g/mol. The fraction of sp³-hybridized carbons (Fsp3) is 0.125. The predicted molar refractivity (Wildman–Crippen MR) is 87.5 cm³/mol. The zero-order valence-corrected chi connectivity index (χ0v) is 13.6. The Kier molecular flexibility index (Phi) is 4.92. The van der Waals surface area contributed by atoms with Crippen LogP contribution in [0.25, 0.3) is 0 Å². The number of benzene rings is 2. The van der Waals surface area contributed by atoms with Gasteiger partial charge in [0.25, 0.3) is 5.91 Å². The summed E-state index contributed by atoms with van der Waals surface area (Å²) in [7, 11) is 0. The van der Waals surface area contributed by atoms with Gasteiger partial charge in [-0.05, 0) is 64.8 Å². The van der Waals surface area contributed by atoms with Crippen molar-refractivity contribution in [1.82, 2.24) is 0 Å². The van der Waals surface area contributed by atoms with E-state index in [2.05, 4.69) is 26.6 Å². The topological polar surface area (TPSA) is 58.2 Å². The Balaban J connectivity index is 2.18. The van der Waals surface area contributed by atoms with E-state index in [0.29, 0.717) is 21.4 Å². The van der Waals surface area contributed by atoms with Crippen molar-refractivity contribution in [3.63, 3.8) is 0 Å². The first-order valence-corrected chi connectivity index (χ1v) is 7.31. The number of hydrogen-bond acceptors (Lipinski definition) is 2. The molecule has 0 spiro atoms. The SMILES string of the molecule is CC(=O)Nc1ccc(NC(=O)c2ccc(F)cc2Br)cc1C. The van der Waals surface area contributed by atoms with Crippen LogP contribution < -0.4 is 10.6 Å². The number of anilines is 2. The molecule has 0 unspecified atom stereocenters. The molecule has 0 saturated heterocycles. The molecule has 2 rings (SSSR count).